The fourth-order valence-electron chi connectivity index (χ4n) is 1.38. The van der Waals surface area contributed by atoms with Crippen LogP contribution in [-0.2, 0) is 9.53 Å². The minimum Gasteiger partial charge on any atom is -0.382 e. The highest BCUT2D eigenvalue weighted by Crippen LogP contribution is 2.03. The lowest BCUT2D eigenvalue weighted by molar-refractivity contribution is -0.124. The van der Waals surface area contributed by atoms with Crippen LogP contribution in [0.3, 0.4) is 0 Å². The summed E-state index contributed by atoms with van der Waals surface area (Å²) in [6, 6.07) is 0. The van der Waals surface area contributed by atoms with Crippen LogP contribution >= 0.6 is 0 Å². The Morgan fingerprint density at radius 3 is 2.73 bits per heavy atom. The summed E-state index contributed by atoms with van der Waals surface area (Å²) in [5.74, 6) is 0.0536. The molecule has 1 amide bonds. The molecule has 0 spiro atoms. The number of carbonyl (C=O) groups excluding carboxylic acids is 1. The molecular formula is C11H24N2O2. The Bertz CT molecular complexity index is 163. The second-order valence-electron chi connectivity index (χ2n) is 3.56. The molecular weight excluding hydrogens is 192 g/mol. The van der Waals surface area contributed by atoms with E-state index in [-0.39, 0.29) is 11.8 Å². The summed E-state index contributed by atoms with van der Waals surface area (Å²) in [6.07, 6.45) is 2.73. The van der Waals surface area contributed by atoms with Crippen molar-refractivity contribution in [2.45, 2.75) is 33.1 Å². The van der Waals surface area contributed by atoms with Crippen molar-refractivity contribution in [1.29, 1.82) is 0 Å². The molecule has 90 valence electrons. The SMILES string of the molecule is CCCC(CN)C(=O)NCCCOCC. The molecule has 0 bridgehead atoms. The number of rotatable bonds is 9. The van der Waals surface area contributed by atoms with Gasteiger partial charge < -0.3 is 15.8 Å². The molecule has 4 heteroatoms. The van der Waals surface area contributed by atoms with Gasteiger partial charge in [-0.3, -0.25) is 4.79 Å². The highest BCUT2D eigenvalue weighted by Gasteiger charge is 2.14. The number of hydrogen-bond donors (Lipinski definition) is 2. The molecule has 0 fully saturated rings. The lowest BCUT2D eigenvalue weighted by Crippen LogP contribution is -2.35. The smallest absolute Gasteiger partial charge is 0.224 e. The lowest BCUT2D eigenvalue weighted by atomic mass is 10.0. The molecule has 0 aliphatic carbocycles. The first-order valence-corrected chi connectivity index (χ1v) is 5.81. The summed E-state index contributed by atoms with van der Waals surface area (Å²) >= 11 is 0. The topological polar surface area (TPSA) is 64.4 Å². The Balaban J connectivity index is 3.53. The molecule has 0 rings (SSSR count). The third kappa shape index (κ3) is 7.33. The number of hydrogen-bond acceptors (Lipinski definition) is 3. The van der Waals surface area contributed by atoms with Gasteiger partial charge in [0.2, 0.25) is 5.91 Å². The number of amides is 1. The first kappa shape index (κ1) is 14.4. The molecule has 0 heterocycles. The minimum atomic E-state index is -0.0258. The van der Waals surface area contributed by atoms with Gasteiger partial charge in [-0.1, -0.05) is 13.3 Å². The van der Waals surface area contributed by atoms with Crippen LogP contribution in [0.25, 0.3) is 0 Å². The maximum atomic E-state index is 11.6. The number of ether oxygens (including phenoxy) is 1. The fourth-order valence-corrected chi connectivity index (χ4v) is 1.38. The van der Waals surface area contributed by atoms with Crippen LogP contribution in [0, 0.1) is 5.92 Å². The van der Waals surface area contributed by atoms with E-state index in [1.54, 1.807) is 0 Å². The molecule has 0 aliphatic rings. The monoisotopic (exact) mass is 216 g/mol. The lowest BCUT2D eigenvalue weighted by Gasteiger charge is -2.13. The summed E-state index contributed by atoms with van der Waals surface area (Å²) in [6.45, 7) is 6.58. The molecule has 15 heavy (non-hydrogen) atoms. The predicted molar refractivity (Wildman–Crippen MR) is 61.6 cm³/mol. The Morgan fingerprint density at radius 2 is 2.20 bits per heavy atom. The van der Waals surface area contributed by atoms with Crippen LogP contribution in [-0.4, -0.2) is 32.2 Å². The molecule has 0 aliphatic heterocycles. The van der Waals surface area contributed by atoms with Crippen molar-refractivity contribution in [1.82, 2.24) is 5.32 Å². The zero-order valence-electron chi connectivity index (χ0n) is 9.92. The highest BCUT2D eigenvalue weighted by atomic mass is 16.5. The van der Waals surface area contributed by atoms with Crippen molar-refractivity contribution in [2.75, 3.05) is 26.3 Å². The first-order valence-electron chi connectivity index (χ1n) is 5.81. The molecule has 0 aromatic rings. The van der Waals surface area contributed by atoms with E-state index in [0.29, 0.717) is 19.7 Å². The van der Waals surface area contributed by atoms with Gasteiger partial charge in [-0.15, -0.1) is 0 Å². The summed E-state index contributed by atoms with van der Waals surface area (Å²) in [4.78, 5) is 11.6. The van der Waals surface area contributed by atoms with E-state index in [9.17, 15) is 4.79 Å². The van der Waals surface area contributed by atoms with Gasteiger partial charge in [0, 0.05) is 26.3 Å². The molecule has 0 saturated heterocycles. The van der Waals surface area contributed by atoms with Gasteiger partial charge in [-0.2, -0.15) is 0 Å². The molecule has 0 radical (unpaired) electrons. The van der Waals surface area contributed by atoms with Crippen molar-refractivity contribution >= 4 is 5.91 Å². The van der Waals surface area contributed by atoms with E-state index >= 15 is 0 Å². The third-order valence-electron chi connectivity index (χ3n) is 2.26. The van der Waals surface area contributed by atoms with E-state index in [1.165, 1.54) is 0 Å². The predicted octanol–water partition coefficient (Wildman–Crippen LogP) is 0.904. The van der Waals surface area contributed by atoms with E-state index in [2.05, 4.69) is 12.2 Å². The molecule has 1 atom stereocenters. The zero-order chi connectivity index (χ0) is 11.5. The van der Waals surface area contributed by atoms with Crippen LogP contribution in [0.2, 0.25) is 0 Å². The van der Waals surface area contributed by atoms with Gasteiger partial charge in [0.05, 0.1) is 5.92 Å². The Kier molecular flexibility index (Phi) is 9.52. The largest absolute Gasteiger partial charge is 0.382 e. The van der Waals surface area contributed by atoms with Gasteiger partial charge in [0.25, 0.3) is 0 Å². The molecule has 4 nitrogen and oxygen atoms in total. The second-order valence-corrected chi connectivity index (χ2v) is 3.56. The second kappa shape index (κ2) is 9.93. The van der Waals surface area contributed by atoms with Crippen molar-refractivity contribution in [3.8, 4) is 0 Å². The van der Waals surface area contributed by atoms with Crippen molar-refractivity contribution in [2.24, 2.45) is 11.7 Å². The average molecular weight is 216 g/mol. The van der Waals surface area contributed by atoms with Crippen LogP contribution < -0.4 is 11.1 Å². The van der Waals surface area contributed by atoms with Crippen LogP contribution in [0.4, 0.5) is 0 Å². The van der Waals surface area contributed by atoms with Crippen LogP contribution in [0.1, 0.15) is 33.1 Å². The number of nitrogens with two attached hydrogens (primary N) is 1. The fraction of sp³-hybridized carbons (Fsp3) is 0.909. The van der Waals surface area contributed by atoms with Crippen LogP contribution in [0.15, 0.2) is 0 Å². The van der Waals surface area contributed by atoms with Gasteiger partial charge in [0.15, 0.2) is 0 Å². The average Bonchev–Trinajstić information content (AvgIpc) is 2.25. The van der Waals surface area contributed by atoms with Gasteiger partial charge in [-0.25, -0.2) is 0 Å². The molecule has 3 N–H and O–H groups in total. The van der Waals surface area contributed by atoms with E-state index in [0.717, 1.165) is 25.9 Å². The van der Waals surface area contributed by atoms with Crippen LogP contribution in [0.5, 0.6) is 0 Å². The standard InChI is InChI=1S/C11H24N2O2/c1-3-6-10(9-12)11(14)13-7-5-8-15-4-2/h10H,3-9,12H2,1-2H3,(H,13,14). The highest BCUT2D eigenvalue weighted by molar-refractivity contribution is 5.78. The molecule has 1 unspecified atom stereocenters. The summed E-state index contributed by atoms with van der Waals surface area (Å²) in [7, 11) is 0. The number of carbonyl (C=O) groups is 1. The van der Waals surface area contributed by atoms with E-state index in [4.69, 9.17) is 10.5 Å². The van der Waals surface area contributed by atoms with Crippen molar-refractivity contribution in [3.05, 3.63) is 0 Å². The zero-order valence-corrected chi connectivity index (χ0v) is 9.92. The maximum absolute atomic E-state index is 11.6. The minimum absolute atomic E-state index is 0.0258. The molecule has 0 saturated carbocycles. The molecule has 0 aromatic heterocycles. The summed E-state index contributed by atoms with van der Waals surface area (Å²) in [5, 5.41) is 2.88. The van der Waals surface area contributed by atoms with Crippen molar-refractivity contribution in [3.63, 3.8) is 0 Å². The van der Waals surface area contributed by atoms with Gasteiger partial charge in [-0.05, 0) is 19.8 Å². The number of nitrogens with one attached hydrogen (secondary N) is 1. The van der Waals surface area contributed by atoms with Crippen molar-refractivity contribution < 1.29 is 9.53 Å². The Morgan fingerprint density at radius 1 is 1.47 bits per heavy atom. The third-order valence-corrected chi connectivity index (χ3v) is 2.26. The quantitative estimate of drug-likeness (QED) is 0.563. The normalized spacial score (nSPS) is 12.5. The van der Waals surface area contributed by atoms with E-state index in [1.807, 2.05) is 6.92 Å². The Labute approximate surface area is 92.6 Å². The van der Waals surface area contributed by atoms with Gasteiger partial charge >= 0.3 is 0 Å². The first-order chi connectivity index (χ1) is 7.26. The summed E-state index contributed by atoms with van der Waals surface area (Å²) < 4.78 is 5.17. The maximum Gasteiger partial charge on any atom is 0.224 e. The Hall–Kier alpha value is -0.610. The van der Waals surface area contributed by atoms with Gasteiger partial charge in [0.1, 0.15) is 0 Å². The summed E-state index contributed by atoms with van der Waals surface area (Å²) in [5.41, 5.74) is 5.53. The molecule has 0 aromatic carbocycles. The van der Waals surface area contributed by atoms with E-state index < -0.39 is 0 Å².